The van der Waals surface area contributed by atoms with Crippen LogP contribution in [0.3, 0.4) is 0 Å². The molecule has 2 aromatic rings. The number of hydrogen-bond donors (Lipinski definition) is 2. The number of methoxy groups -OCH3 is 1. The number of benzene rings is 1. The largest absolute Gasteiger partial charge is 0.497 e. The van der Waals surface area contributed by atoms with Gasteiger partial charge in [-0.3, -0.25) is 23.9 Å². The summed E-state index contributed by atoms with van der Waals surface area (Å²) in [6.07, 6.45) is 5.57. The SMILES string of the molecule is COc1ccc2nc(C)c3c(c2c1)C(F)(F)C[C@]1(C[C@H]2C(=O)N[C@]4(C(=O)NS(=O)(=O)C5(C)CC5)C[C@H]4/C=C\CCCCC[C@H](CC(=O)O[C@@H](C)C(C)C)C(=O)N2C1)O3. The molecule has 1 spiro atoms. The van der Waals surface area contributed by atoms with E-state index in [9.17, 15) is 27.6 Å². The molecule has 2 N–H and O–H groups in total. The standard InChI is InChI=1S/C42H54F2N4O9S/c1-24(2)26(4)56-33(49)18-27-12-10-8-7-9-11-13-28-20-41(28,38(52)47-58(53,54)39(5)16-17-39)46-36(50)32-21-40(23-48(32)37(27)51)22-42(43,44)34-30-19-29(55-6)14-15-31(30)45-25(3)35(34)57-40/h11,13-15,19,24,26-28,32H,7-10,12,16-18,20-23H2,1-6H3,(H,46,50)(H,47,52)/b13-11-/t26-,27+,28+,32-,40-,41+/m0/s1. The molecule has 6 atom stereocenters. The second-order valence-electron chi connectivity index (χ2n) is 17.7. The van der Waals surface area contributed by atoms with Gasteiger partial charge in [0.15, 0.2) is 5.75 Å². The van der Waals surface area contributed by atoms with E-state index in [0.717, 1.165) is 6.42 Å². The molecule has 16 heteroatoms. The number of allylic oxidation sites excluding steroid dienone is 1. The summed E-state index contributed by atoms with van der Waals surface area (Å²) in [5.74, 6) is -7.67. The highest BCUT2D eigenvalue weighted by atomic mass is 32.2. The number of pyridine rings is 1. The molecule has 0 bridgehead atoms. The highest BCUT2D eigenvalue weighted by Gasteiger charge is 2.65. The summed E-state index contributed by atoms with van der Waals surface area (Å²) in [6.45, 7) is 8.26. The predicted molar refractivity (Wildman–Crippen MR) is 209 cm³/mol. The Morgan fingerprint density at radius 2 is 1.86 bits per heavy atom. The van der Waals surface area contributed by atoms with Gasteiger partial charge in [0.05, 0.1) is 48.0 Å². The first kappa shape index (κ1) is 41.8. The maximum atomic E-state index is 16.8. The van der Waals surface area contributed by atoms with Crippen molar-refractivity contribution in [2.24, 2.45) is 17.8 Å². The summed E-state index contributed by atoms with van der Waals surface area (Å²) < 4.78 is 78.8. The Bertz CT molecular complexity index is 2160. The number of carbonyl (C=O) groups is 4. The Hall–Kier alpha value is -4.34. The van der Waals surface area contributed by atoms with Crippen LogP contribution in [0.2, 0.25) is 0 Å². The molecule has 0 unspecified atom stereocenters. The van der Waals surface area contributed by atoms with Crippen molar-refractivity contribution in [3.63, 3.8) is 0 Å². The van der Waals surface area contributed by atoms with Crippen LogP contribution in [0.4, 0.5) is 8.78 Å². The van der Waals surface area contributed by atoms with Crippen molar-refractivity contribution < 1.29 is 50.6 Å². The van der Waals surface area contributed by atoms with Gasteiger partial charge in [-0.25, -0.2) is 22.2 Å². The minimum Gasteiger partial charge on any atom is -0.497 e. The molecule has 3 amide bonds. The number of ether oxygens (including phenoxy) is 3. The number of carbonyl (C=O) groups excluding carboxylic acids is 4. The van der Waals surface area contributed by atoms with Gasteiger partial charge >= 0.3 is 5.97 Å². The van der Waals surface area contributed by atoms with E-state index in [2.05, 4.69) is 15.0 Å². The van der Waals surface area contributed by atoms with Crippen LogP contribution in [0, 0.1) is 24.7 Å². The van der Waals surface area contributed by atoms with Gasteiger partial charge in [0.25, 0.3) is 11.8 Å². The number of halogens is 2. The number of rotatable bonds is 8. The smallest absolute Gasteiger partial charge is 0.306 e. The molecule has 58 heavy (non-hydrogen) atoms. The van der Waals surface area contributed by atoms with Crippen LogP contribution in [0.5, 0.6) is 11.5 Å². The van der Waals surface area contributed by atoms with E-state index < -0.39 is 92.5 Å². The van der Waals surface area contributed by atoms with Crippen LogP contribution >= 0.6 is 0 Å². The molecule has 1 aromatic heterocycles. The summed E-state index contributed by atoms with van der Waals surface area (Å²) in [5.41, 5.74) is -3.29. The minimum atomic E-state index is -4.08. The topological polar surface area (TPSA) is 170 Å². The van der Waals surface area contributed by atoms with E-state index in [1.807, 2.05) is 19.9 Å². The van der Waals surface area contributed by atoms with Crippen LogP contribution in [-0.2, 0) is 39.9 Å². The fourth-order valence-electron chi connectivity index (χ4n) is 8.62. The Labute approximate surface area is 338 Å². The van der Waals surface area contributed by atoms with Crippen LogP contribution in [0.15, 0.2) is 30.4 Å². The van der Waals surface area contributed by atoms with E-state index in [-0.39, 0.29) is 54.0 Å². The molecule has 3 fully saturated rings. The zero-order valence-corrected chi connectivity index (χ0v) is 34.8. The van der Waals surface area contributed by atoms with Crippen molar-refractivity contribution in [2.45, 2.75) is 139 Å². The molecule has 2 aliphatic carbocycles. The molecule has 5 aliphatic rings. The number of fused-ring (bicyclic) bond motifs is 5. The number of alkyl halides is 2. The molecule has 1 aromatic carbocycles. The third-order valence-electron chi connectivity index (χ3n) is 12.9. The van der Waals surface area contributed by atoms with Crippen molar-refractivity contribution in [3.05, 3.63) is 41.6 Å². The van der Waals surface area contributed by atoms with Crippen LogP contribution in [0.25, 0.3) is 10.9 Å². The van der Waals surface area contributed by atoms with Gasteiger partial charge in [0, 0.05) is 23.6 Å². The normalized spacial score (nSPS) is 30.1. The van der Waals surface area contributed by atoms with E-state index in [4.69, 9.17) is 14.2 Å². The number of nitrogens with one attached hydrogen (secondary N) is 2. The number of amides is 3. The lowest BCUT2D eigenvalue weighted by Gasteiger charge is -2.40. The molecule has 2 saturated carbocycles. The third kappa shape index (κ3) is 7.77. The fourth-order valence-corrected chi connectivity index (χ4v) is 9.93. The number of nitrogens with zero attached hydrogens (tertiary/aromatic N) is 2. The lowest BCUT2D eigenvalue weighted by molar-refractivity contribution is -0.155. The van der Waals surface area contributed by atoms with Crippen molar-refractivity contribution >= 4 is 44.6 Å². The number of aryl methyl sites for hydroxylation is 1. The van der Waals surface area contributed by atoms with Crippen molar-refractivity contribution in [3.8, 4) is 11.5 Å². The Morgan fingerprint density at radius 3 is 2.55 bits per heavy atom. The maximum Gasteiger partial charge on any atom is 0.306 e. The molecule has 3 aliphatic heterocycles. The van der Waals surface area contributed by atoms with Crippen LogP contribution < -0.4 is 19.5 Å². The van der Waals surface area contributed by atoms with Crippen molar-refractivity contribution in [2.75, 3.05) is 13.7 Å². The van der Waals surface area contributed by atoms with E-state index in [1.165, 1.54) is 18.1 Å². The Morgan fingerprint density at radius 1 is 1.12 bits per heavy atom. The average molecular weight is 829 g/mol. The quantitative estimate of drug-likeness (QED) is 0.247. The average Bonchev–Trinajstić information content (AvgIpc) is 4.04. The van der Waals surface area contributed by atoms with Crippen LogP contribution in [-0.4, -0.2) is 83.7 Å². The molecule has 316 valence electrons. The van der Waals surface area contributed by atoms with Gasteiger partial charge in [-0.2, -0.15) is 0 Å². The summed E-state index contributed by atoms with van der Waals surface area (Å²) in [4.78, 5) is 62.5. The zero-order chi connectivity index (χ0) is 42.0. The predicted octanol–water partition coefficient (Wildman–Crippen LogP) is 5.75. The van der Waals surface area contributed by atoms with Gasteiger partial charge in [-0.15, -0.1) is 0 Å². The van der Waals surface area contributed by atoms with Gasteiger partial charge < -0.3 is 24.4 Å². The summed E-state index contributed by atoms with van der Waals surface area (Å²) in [5, 5.41) is 2.95. The van der Waals surface area contributed by atoms with Gasteiger partial charge in [-0.1, -0.05) is 38.8 Å². The molecule has 7 rings (SSSR count). The summed E-state index contributed by atoms with van der Waals surface area (Å²) in [6, 6.07) is 3.28. The Kier molecular flexibility index (Phi) is 10.8. The Balaban J connectivity index is 1.27. The minimum absolute atomic E-state index is 0.0224. The second kappa shape index (κ2) is 15.0. The van der Waals surface area contributed by atoms with E-state index in [1.54, 1.807) is 39.0 Å². The van der Waals surface area contributed by atoms with Crippen LogP contribution in [0.1, 0.15) is 110 Å². The second-order valence-corrected chi connectivity index (χ2v) is 19.9. The van der Waals surface area contributed by atoms with E-state index >= 15 is 8.78 Å². The number of aromatic nitrogens is 1. The molecule has 4 heterocycles. The first-order valence-electron chi connectivity index (χ1n) is 20.3. The molecular formula is C42H54F2N4O9S. The number of hydrogen-bond acceptors (Lipinski definition) is 10. The zero-order valence-electron chi connectivity index (χ0n) is 34.0. The van der Waals surface area contributed by atoms with Crippen molar-refractivity contribution in [1.29, 1.82) is 0 Å². The lowest BCUT2D eigenvalue weighted by Crippen LogP contribution is -2.57. The fraction of sp³-hybridized carbons (Fsp3) is 0.643. The van der Waals surface area contributed by atoms with Gasteiger partial charge in [0.1, 0.15) is 29.0 Å². The highest BCUT2D eigenvalue weighted by Crippen LogP contribution is 2.55. The monoisotopic (exact) mass is 828 g/mol. The first-order chi connectivity index (χ1) is 27.2. The number of esters is 1. The van der Waals surface area contributed by atoms with E-state index in [0.29, 0.717) is 43.4 Å². The number of sulfonamides is 1. The summed E-state index contributed by atoms with van der Waals surface area (Å²) in [7, 11) is -2.65. The maximum absolute atomic E-state index is 16.8. The summed E-state index contributed by atoms with van der Waals surface area (Å²) >= 11 is 0. The lowest BCUT2D eigenvalue weighted by atomic mass is 9.84. The molecular weight excluding hydrogens is 775 g/mol. The van der Waals surface area contributed by atoms with Gasteiger partial charge in [-0.05, 0) is 83.4 Å². The van der Waals surface area contributed by atoms with Gasteiger partial charge in [0.2, 0.25) is 21.8 Å². The molecule has 13 nitrogen and oxygen atoms in total. The van der Waals surface area contributed by atoms with Crippen molar-refractivity contribution in [1.82, 2.24) is 19.9 Å². The molecule has 1 saturated heterocycles. The first-order valence-corrected chi connectivity index (χ1v) is 21.8. The highest BCUT2D eigenvalue weighted by molar-refractivity contribution is 7.91. The molecule has 0 radical (unpaired) electrons. The third-order valence-corrected chi connectivity index (χ3v) is 15.1.